The summed E-state index contributed by atoms with van der Waals surface area (Å²) in [7, 11) is 0. The summed E-state index contributed by atoms with van der Waals surface area (Å²) in [4.78, 5) is 0. The van der Waals surface area contributed by atoms with Crippen LogP contribution in [0.4, 0.5) is 0 Å². The van der Waals surface area contributed by atoms with Gasteiger partial charge in [-0.05, 0) is 25.7 Å². The number of hydrogen-bond donors (Lipinski definition) is 2. The molecule has 2 aliphatic rings. The third-order valence-electron chi connectivity index (χ3n) is 4.14. The smallest absolute Gasteiger partial charge is 0.0880 e. The lowest BCUT2D eigenvalue weighted by molar-refractivity contribution is -0.0556. The van der Waals surface area contributed by atoms with Crippen molar-refractivity contribution in [3.63, 3.8) is 0 Å². The zero-order chi connectivity index (χ0) is 11.5. The Labute approximate surface area is 98.4 Å². The van der Waals surface area contributed by atoms with E-state index in [0.29, 0.717) is 13.2 Å². The molecule has 16 heavy (non-hydrogen) atoms. The number of hydrogen-bond acceptors (Lipinski definition) is 3. The van der Waals surface area contributed by atoms with Crippen molar-refractivity contribution in [3.05, 3.63) is 0 Å². The van der Waals surface area contributed by atoms with Crippen LogP contribution in [0.25, 0.3) is 0 Å². The van der Waals surface area contributed by atoms with Crippen LogP contribution in [0.3, 0.4) is 0 Å². The standard InChI is InChI=1S/C13H25NO2/c14-12(6-2-1-3-7-12)10-16-11-13(15)8-4-5-9-13/h15H,1-11,14H2. The number of ether oxygens (including phenoxy) is 1. The summed E-state index contributed by atoms with van der Waals surface area (Å²) in [5.74, 6) is 0. The average Bonchev–Trinajstić information content (AvgIpc) is 2.66. The Morgan fingerprint density at radius 3 is 2.06 bits per heavy atom. The number of aliphatic hydroxyl groups is 1. The van der Waals surface area contributed by atoms with Gasteiger partial charge in [0, 0.05) is 5.54 Å². The van der Waals surface area contributed by atoms with Crippen LogP contribution < -0.4 is 5.73 Å². The van der Waals surface area contributed by atoms with Crippen LogP contribution in [0.1, 0.15) is 57.8 Å². The van der Waals surface area contributed by atoms with Crippen molar-refractivity contribution >= 4 is 0 Å². The van der Waals surface area contributed by atoms with Gasteiger partial charge >= 0.3 is 0 Å². The molecular formula is C13H25NO2. The van der Waals surface area contributed by atoms with Gasteiger partial charge in [-0.15, -0.1) is 0 Å². The lowest BCUT2D eigenvalue weighted by Crippen LogP contribution is -2.47. The van der Waals surface area contributed by atoms with E-state index in [1.807, 2.05) is 0 Å². The molecule has 0 bridgehead atoms. The second-order valence-electron chi connectivity index (χ2n) is 5.85. The molecule has 2 saturated carbocycles. The fraction of sp³-hybridized carbons (Fsp3) is 1.00. The van der Waals surface area contributed by atoms with Gasteiger partial charge in [0.05, 0.1) is 18.8 Å². The molecule has 0 aromatic heterocycles. The minimum absolute atomic E-state index is 0.118. The zero-order valence-corrected chi connectivity index (χ0v) is 10.2. The van der Waals surface area contributed by atoms with E-state index in [9.17, 15) is 5.11 Å². The Bertz CT molecular complexity index is 218. The van der Waals surface area contributed by atoms with Crippen LogP contribution in [-0.4, -0.2) is 29.5 Å². The fourth-order valence-corrected chi connectivity index (χ4v) is 3.02. The van der Waals surface area contributed by atoms with E-state index in [1.54, 1.807) is 0 Å². The lowest BCUT2D eigenvalue weighted by atomic mass is 9.83. The molecule has 3 N–H and O–H groups in total. The van der Waals surface area contributed by atoms with Crippen molar-refractivity contribution in [2.24, 2.45) is 5.73 Å². The summed E-state index contributed by atoms with van der Waals surface area (Å²) >= 11 is 0. The Morgan fingerprint density at radius 2 is 1.44 bits per heavy atom. The van der Waals surface area contributed by atoms with Crippen LogP contribution in [0, 0.1) is 0 Å². The predicted octanol–water partition coefficient (Wildman–Crippen LogP) is 1.97. The Balaban J connectivity index is 1.70. The van der Waals surface area contributed by atoms with Gasteiger partial charge in [0.1, 0.15) is 0 Å². The summed E-state index contributed by atoms with van der Waals surface area (Å²) < 4.78 is 5.69. The molecule has 0 spiro atoms. The molecule has 0 amide bonds. The fourth-order valence-electron chi connectivity index (χ4n) is 3.02. The molecule has 3 nitrogen and oxygen atoms in total. The summed E-state index contributed by atoms with van der Waals surface area (Å²) in [6, 6.07) is 0. The van der Waals surface area contributed by atoms with Crippen molar-refractivity contribution in [2.75, 3.05) is 13.2 Å². The highest BCUT2D eigenvalue weighted by atomic mass is 16.5. The van der Waals surface area contributed by atoms with Gasteiger partial charge in [-0.1, -0.05) is 32.1 Å². The summed E-state index contributed by atoms with van der Waals surface area (Å²) in [5, 5.41) is 10.1. The van der Waals surface area contributed by atoms with E-state index in [4.69, 9.17) is 10.5 Å². The first-order valence-corrected chi connectivity index (χ1v) is 6.71. The summed E-state index contributed by atoms with van der Waals surface area (Å²) in [6.07, 6.45) is 9.96. The molecule has 0 heterocycles. The van der Waals surface area contributed by atoms with E-state index in [-0.39, 0.29) is 5.54 Å². The van der Waals surface area contributed by atoms with Gasteiger partial charge in [0.15, 0.2) is 0 Å². The molecule has 0 aromatic carbocycles. The first-order valence-electron chi connectivity index (χ1n) is 6.71. The maximum atomic E-state index is 10.1. The molecular weight excluding hydrogens is 202 g/mol. The predicted molar refractivity (Wildman–Crippen MR) is 64.2 cm³/mol. The van der Waals surface area contributed by atoms with E-state index in [0.717, 1.165) is 38.5 Å². The third kappa shape index (κ3) is 3.19. The van der Waals surface area contributed by atoms with E-state index in [2.05, 4.69) is 0 Å². The Morgan fingerprint density at radius 1 is 0.875 bits per heavy atom. The van der Waals surface area contributed by atoms with Crippen molar-refractivity contribution in [3.8, 4) is 0 Å². The second-order valence-corrected chi connectivity index (χ2v) is 5.85. The van der Waals surface area contributed by atoms with Gasteiger partial charge in [-0.2, -0.15) is 0 Å². The lowest BCUT2D eigenvalue weighted by Gasteiger charge is -2.34. The quantitative estimate of drug-likeness (QED) is 0.772. The highest BCUT2D eigenvalue weighted by Crippen LogP contribution is 2.31. The minimum Gasteiger partial charge on any atom is -0.387 e. The first-order chi connectivity index (χ1) is 7.62. The van der Waals surface area contributed by atoms with Crippen LogP contribution in [-0.2, 0) is 4.74 Å². The third-order valence-corrected chi connectivity index (χ3v) is 4.14. The molecule has 2 fully saturated rings. The second kappa shape index (κ2) is 5.03. The van der Waals surface area contributed by atoms with Gasteiger partial charge in [0.2, 0.25) is 0 Å². The van der Waals surface area contributed by atoms with Crippen molar-refractivity contribution in [1.29, 1.82) is 0 Å². The van der Waals surface area contributed by atoms with Gasteiger partial charge in [-0.25, -0.2) is 0 Å². The molecule has 0 unspecified atom stereocenters. The SMILES string of the molecule is NC1(COCC2(O)CCCC2)CCCCC1. The molecule has 0 atom stereocenters. The maximum absolute atomic E-state index is 10.1. The summed E-state index contributed by atoms with van der Waals surface area (Å²) in [5.41, 5.74) is 5.61. The van der Waals surface area contributed by atoms with Gasteiger partial charge in [0.25, 0.3) is 0 Å². The highest BCUT2D eigenvalue weighted by Gasteiger charge is 2.33. The Hall–Kier alpha value is -0.120. The minimum atomic E-state index is -0.551. The molecule has 2 aliphatic carbocycles. The van der Waals surface area contributed by atoms with Crippen LogP contribution in [0.15, 0.2) is 0 Å². The zero-order valence-electron chi connectivity index (χ0n) is 10.2. The maximum Gasteiger partial charge on any atom is 0.0880 e. The van der Waals surface area contributed by atoms with Gasteiger partial charge < -0.3 is 15.6 Å². The topological polar surface area (TPSA) is 55.5 Å². The number of nitrogens with two attached hydrogens (primary N) is 1. The molecule has 0 saturated heterocycles. The molecule has 0 aromatic rings. The number of rotatable bonds is 4. The van der Waals surface area contributed by atoms with Crippen molar-refractivity contribution in [1.82, 2.24) is 0 Å². The van der Waals surface area contributed by atoms with Crippen molar-refractivity contribution < 1.29 is 9.84 Å². The molecule has 2 rings (SSSR count). The van der Waals surface area contributed by atoms with E-state index >= 15 is 0 Å². The van der Waals surface area contributed by atoms with Crippen LogP contribution >= 0.6 is 0 Å². The van der Waals surface area contributed by atoms with Crippen LogP contribution in [0.2, 0.25) is 0 Å². The monoisotopic (exact) mass is 227 g/mol. The molecule has 0 aliphatic heterocycles. The normalized spacial score (nSPS) is 28.1. The van der Waals surface area contributed by atoms with Gasteiger partial charge in [-0.3, -0.25) is 0 Å². The molecule has 94 valence electrons. The molecule has 3 heteroatoms. The van der Waals surface area contributed by atoms with Crippen molar-refractivity contribution in [2.45, 2.75) is 68.9 Å². The van der Waals surface area contributed by atoms with E-state index in [1.165, 1.54) is 19.3 Å². The largest absolute Gasteiger partial charge is 0.387 e. The Kier molecular flexibility index (Phi) is 3.88. The first kappa shape index (κ1) is 12.3. The molecule has 0 radical (unpaired) electrons. The van der Waals surface area contributed by atoms with E-state index < -0.39 is 5.60 Å². The summed E-state index contributed by atoms with van der Waals surface area (Å²) in [6.45, 7) is 1.10. The average molecular weight is 227 g/mol. The highest BCUT2D eigenvalue weighted by molar-refractivity contribution is 4.88. The van der Waals surface area contributed by atoms with Crippen LogP contribution in [0.5, 0.6) is 0 Å².